The average Bonchev–Trinajstić information content (AvgIpc) is 3.60. The van der Waals surface area contributed by atoms with E-state index in [-0.39, 0.29) is 17.8 Å². The Hall–Kier alpha value is -3.60. The van der Waals surface area contributed by atoms with Crippen LogP contribution in [-0.4, -0.2) is 97.2 Å². The van der Waals surface area contributed by atoms with E-state index in [2.05, 4.69) is 37.6 Å². The number of likely N-dealkylation sites (N-methyl/N-ethyl adjacent to an activating group) is 1. The third-order valence-corrected chi connectivity index (χ3v) is 8.29. The molecule has 0 saturated carbocycles. The molecule has 0 radical (unpaired) electrons. The Morgan fingerprint density at radius 2 is 1.81 bits per heavy atom. The van der Waals surface area contributed by atoms with E-state index in [1.165, 1.54) is 5.69 Å². The van der Waals surface area contributed by atoms with Crippen LogP contribution in [0.3, 0.4) is 0 Å². The maximum absolute atomic E-state index is 12.5. The predicted octanol–water partition coefficient (Wildman–Crippen LogP) is 1.31. The third-order valence-electron chi connectivity index (χ3n) is 8.29. The van der Waals surface area contributed by atoms with Crippen LogP contribution in [0.2, 0.25) is 0 Å². The van der Waals surface area contributed by atoms with Crippen LogP contribution in [0.25, 0.3) is 0 Å². The van der Waals surface area contributed by atoms with Crippen LogP contribution >= 0.6 is 0 Å². The van der Waals surface area contributed by atoms with Crippen LogP contribution in [0.15, 0.2) is 30.5 Å². The molecule has 5 heterocycles. The second-order valence-electron chi connectivity index (χ2n) is 10.7. The van der Waals surface area contributed by atoms with Gasteiger partial charge < -0.3 is 36.0 Å². The minimum Gasteiger partial charge on any atom is -0.371 e. The summed E-state index contributed by atoms with van der Waals surface area (Å²) in [5.74, 6) is 1.85. The molecule has 4 N–H and O–H groups in total. The zero-order chi connectivity index (χ0) is 25.5. The first-order valence-electron chi connectivity index (χ1n) is 13.2. The van der Waals surface area contributed by atoms with Crippen LogP contribution in [0, 0.1) is 11.8 Å². The number of carbonyl (C=O) groups excluding carboxylic acids is 2. The summed E-state index contributed by atoms with van der Waals surface area (Å²) in [5.41, 5.74) is 7.76. The lowest BCUT2D eigenvalue weighted by molar-refractivity contribution is 0.0996. The molecule has 0 aliphatic carbocycles. The fraction of sp³-hybridized carbons (Fsp3) is 0.538. The lowest BCUT2D eigenvalue weighted by Crippen LogP contribution is -2.49. The van der Waals surface area contributed by atoms with Gasteiger partial charge in [-0.1, -0.05) is 0 Å². The molecule has 3 unspecified atom stereocenters. The first-order valence-corrected chi connectivity index (χ1v) is 13.2. The highest BCUT2D eigenvalue weighted by Crippen LogP contribution is 2.32. The van der Waals surface area contributed by atoms with Gasteiger partial charge >= 0.3 is 6.03 Å². The van der Waals surface area contributed by atoms with Crippen LogP contribution in [0.5, 0.6) is 0 Å². The molecule has 0 bridgehead atoms. The number of aromatic nitrogens is 2. The summed E-state index contributed by atoms with van der Waals surface area (Å²) < 4.78 is 0. The molecule has 196 valence electrons. The van der Waals surface area contributed by atoms with E-state index in [0.717, 1.165) is 76.2 Å². The minimum absolute atomic E-state index is 0.0848. The molecule has 11 heteroatoms. The molecule has 6 rings (SSSR count). The van der Waals surface area contributed by atoms with Gasteiger partial charge in [0, 0.05) is 70.8 Å². The topological polar surface area (TPSA) is 123 Å². The number of anilines is 4. The second-order valence-corrected chi connectivity index (χ2v) is 10.7. The highest BCUT2D eigenvalue weighted by atomic mass is 16.2. The summed E-state index contributed by atoms with van der Waals surface area (Å²) in [6.07, 6.45) is 3.53. The van der Waals surface area contributed by atoms with E-state index >= 15 is 0 Å². The summed E-state index contributed by atoms with van der Waals surface area (Å²) >= 11 is 0. The smallest absolute Gasteiger partial charge is 0.320 e. The Balaban J connectivity index is 1.18. The largest absolute Gasteiger partial charge is 0.371 e. The van der Waals surface area contributed by atoms with E-state index in [4.69, 9.17) is 10.7 Å². The van der Waals surface area contributed by atoms with Gasteiger partial charge in [-0.25, -0.2) is 14.8 Å². The Morgan fingerprint density at radius 1 is 1.05 bits per heavy atom. The summed E-state index contributed by atoms with van der Waals surface area (Å²) in [4.78, 5) is 42.1. The van der Waals surface area contributed by atoms with E-state index in [9.17, 15) is 9.59 Å². The van der Waals surface area contributed by atoms with E-state index < -0.39 is 5.91 Å². The molecule has 4 saturated heterocycles. The van der Waals surface area contributed by atoms with Crippen molar-refractivity contribution in [2.45, 2.75) is 18.9 Å². The molecule has 1 aromatic carbocycles. The van der Waals surface area contributed by atoms with Crippen molar-refractivity contribution in [3.05, 3.63) is 36.2 Å². The van der Waals surface area contributed by atoms with Gasteiger partial charge in [-0.2, -0.15) is 0 Å². The SMILES string of the molecule is CN1CCN(C2CCCN(c3cnc(C(N)=O)c(Nc4ccc(N5CC6CNCC6C5)cc4)n3)C2)C1=O. The van der Waals surface area contributed by atoms with Crippen LogP contribution in [0.4, 0.5) is 27.8 Å². The minimum atomic E-state index is -0.627. The standard InChI is InChI=1S/C26H35N9O2/c1-32-9-10-35(26(32)37)21-3-2-8-33(16-21)22-13-29-23(24(27)36)25(31-22)30-19-4-6-20(7-5-19)34-14-17-11-28-12-18(17)15-34/h4-7,13,17-18,21,28H,2-3,8-12,14-16H2,1H3,(H2,27,36)(H,30,31). The Labute approximate surface area is 217 Å². The Kier molecular flexibility index (Phi) is 6.23. The summed E-state index contributed by atoms with van der Waals surface area (Å²) in [6.45, 7) is 7.39. The monoisotopic (exact) mass is 505 g/mol. The van der Waals surface area contributed by atoms with Crippen molar-refractivity contribution in [3.8, 4) is 0 Å². The van der Waals surface area contributed by atoms with Crippen molar-refractivity contribution in [3.63, 3.8) is 0 Å². The average molecular weight is 506 g/mol. The summed E-state index contributed by atoms with van der Waals surface area (Å²) in [7, 11) is 1.84. The van der Waals surface area contributed by atoms with E-state index in [1.807, 2.05) is 24.1 Å². The third kappa shape index (κ3) is 4.63. The molecule has 11 nitrogen and oxygen atoms in total. The van der Waals surface area contributed by atoms with Crippen molar-refractivity contribution < 1.29 is 9.59 Å². The molecule has 0 spiro atoms. The van der Waals surface area contributed by atoms with Gasteiger partial charge in [-0.05, 0) is 48.9 Å². The fourth-order valence-electron chi connectivity index (χ4n) is 6.18. The number of carbonyl (C=O) groups is 2. The van der Waals surface area contributed by atoms with Gasteiger partial charge in [0.25, 0.3) is 5.91 Å². The molecular weight excluding hydrogens is 470 g/mol. The zero-order valence-corrected chi connectivity index (χ0v) is 21.3. The van der Waals surface area contributed by atoms with E-state index in [0.29, 0.717) is 18.2 Å². The molecule has 4 aliphatic heterocycles. The number of hydrogen-bond donors (Lipinski definition) is 3. The molecule has 3 atom stereocenters. The molecule has 2 aromatic rings. The van der Waals surface area contributed by atoms with Crippen molar-refractivity contribution in [2.75, 3.05) is 74.5 Å². The van der Waals surface area contributed by atoms with Crippen LogP contribution in [0.1, 0.15) is 23.3 Å². The van der Waals surface area contributed by atoms with Crippen molar-refractivity contribution in [2.24, 2.45) is 17.6 Å². The molecule has 4 fully saturated rings. The quantitative estimate of drug-likeness (QED) is 0.537. The second kappa shape index (κ2) is 9.70. The maximum Gasteiger partial charge on any atom is 0.320 e. The molecular formula is C26H35N9O2. The maximum atomic E-state index is 12.5. The number of piperidine rings is 1. The van der Waals surface area contributed by atoms with Gasteiger partial charge in [0.15, 0.2) is 11.5 Å². The molecule has 4 aliphatic rings. The van der Waals surface area contributed by atoms with Crippen molar-refractivity contribution >= 4 is 34.9 Å². The van der Waals surface area contributed by atoms with Gasteiger partial charge in [0.05, 0.1) is 12.2 Å². The summed E-state index contributed by atoms with van der Waals surface area (Å²) in [5, 5.41) is 6.75. The highest BCUT2D eigenvalue weighted by molar-refractivity contribution is 5.96. The Morgan fingerprint density at radius 3 is 2.49 bits per heavy atom. The Bertz CT molecular complexity index is 1160. The number of benzene rings is 1. The first kappa shape index (κ1) is 23.8. The van der Waals surface area contributed by atoms with Gasteiger partial charge in [-0.15, -0.1) is 0 Å². The number of hydrogen-bond acceptors (Lipinski definition) is 8. The van der Waals surface area contributed by atoms with Crippen molar-refractivity contribution in [1.29, 1.82) is 0 Å². The molecule has 1 aromatic heterocycles. The van der Waals surface area contributed by atoms with Crippen LogP contribution in [-0.2, 0) is 0 Å². The highest BCUT2D eigenvalue weighted by Gasteiger charge is 2.36. The normalized spacial score (nSPS) is 25.6. The van der Waals surface area contributed by atoms with E-state index in [1.54, 1.807) is 11.1 Å². The predicted molar refractivity (Wildman–Crippen MR) is 142 cm³/mol. The molecule has 3 amide bonds. The van der Waals surface area contributed by atoms with Gasteiger partial charge in [0.1, 0.15) is 5.82 Å². The number of nitrogens with two attached hydrogens (primary N) is 1. The van der Waals surface area contributed by atoms with Gasteiger partial charge in [0.2, 0.25) is 0 Å². The van der Waals surface area contributed by atoms with Crippen molar-refractivity contribution in [1.82, 2.24) is 25.1 Å². The number of fused-ring (bicyclic) bond motifs is 1. The number of amides is 3. The first-order chi connectivity index (χ1) is 18.0. The lowest BCUT2D eigenvalue weighted by Gasteiger charge is -2.37. The summed E-state index contributed by atoms with van der Waals surface area (Å²) in [6, 6.07) is 8.45. The number of nitrogens with one attached hydrogen (secondary N) is 2. The fourth-order valence-corrected chi connectivity index (χ4v) is 6.18. The molecule has 37 heavy (non-hydrogen) atoms. The number of nitrogens with zero attached hydrogens (tertiary/aromatic N) is 6. The van der Waals surface area contributed by atoms with Crippen LogP contribution < -0.4 is 26.2 Å². The zero-order valence-electron chi connectivity index (χ0n) is 21.3. The number of rotatable bonds is 6. The number of primary amides is 1. The lowest BCUT2D eigenvalue weighted by atomic mass is 10.0. The number of urea groups is 1. The van der Waals surface area contributed by atoms with Gasteiger partial charge in [-0.3, -0.25) is 4.79 Å².